The average Bonchev–Trinajstić information content (AvgIpc) is 3.44. The van der Waals surface area contributed by atoms with E-state index in [1.54, 1.807) is 22.7 Å². The van der Waals surface area contributed by atoms with Crippen molar-refractivity contribution in [2.75, 3.05) is 31.2 Å². The number of nitrogens with zero attached hydrogens (tertiary/aromatic N) is 4. The Kier molecular flexibility index (Phi) is 4.65. The lowest BCUT2D eigenvalue weighted by atomic mass is 10.1. The molecule has 4 aromatic rings. The van der Waals surface area contributed by atoms with Gasteiger partial charge in [-0.15, -0.1) is 11.3 Å². The van der Waals surface area contributed by atoms with Crippen LogP contribution in [-0.2, 0) is 17.6 Å². The van der Waals surface area contributed by atoms with Gasteiger partial charge in [0.1, 0.15) is 5.01 Å². The van der Waals surface area contributed by atoms with Crippen molar-refractivity contribution in [3.05, 3.63) is 57.9 Å². The van der Waals surface area contributed by atoms with Crippen molar-refractivity contribution < 1.29 is 4.74 Å². The summed E-state index contributed by atoms with van der Waals surface area (Å²) in [5, 5.41) is 8.08. The normalized spacial score (nSPS) is 14.9. The van der Waals surface area contributed by atoms with Gasteiger partial charge in [0.2, 0.25) is 4.96 Å². The highest BCUT2D eigenvalue weighted by Gasteiger charge is 2.14. The number of anilines is 1. The average molecular weight is 397 g/mol. The van der Waals surface area contributed by atoms with E-state index in [9.17, 15) is 0 Å². The van der Waals surface area contributed by atoms with E-state index < -0.39 is 0 Å². The fourth-order valence-corrected chi connectivity index (χ4v) is 4.96. The van der Waals surface area contributed by atoms with Crippen LogP contribution in [-0.4, -0.2) is 40.9 Å². The summed E-state index contributed by atoms with van der Waals surface area (Å²) in [6, 6.07) is 13.0. The maximum atomic E-state index is 5.44. The number of aryl methyl sites for hydroxylation is 2. The molecule has 0 saturated carbocycles. The van der Waals surface area contributed by atoms with Crippen molar-refractivity contribution in [3.63, 3.8) is 0 Å². The number of benzene rings is 1. The van der Waals surface area contributed by atoms with E-state index in [2.05, 4.69) is 51.7 Å². The summed E-state index contributed by atoms with van der Waals surface area (Å²) in [7, 11) is 0. The van der Waals surface area contributed by atoms with Gasteiger partial charge in [-0.2, -0.15) is 5.10 Å². The van der Waals surface area contributed by atoms with Gasteiger partial charge in [-0.1, -0.05) is 29.5 Å². The molecule has 0 radical (unpaired) electrons. The summed E-state index contributed by atoms with van der Waals surface area (Å²) in [5.74, 6) is 0. The summed E-state index contributed by atoms with van der Waals surface area (Å²) >= 11 is 3.49. The topological polar surface area (TPSA) is 42.7 Å². The van der Waals surface area contributed by atoms with E-state index in [1.165, 1.54) is 10.6 Å². The van der Waals surface area contributed by atoms with Crippen LogP contribution >= 0.6 is 22.7 Å². The molecular weight excluding hydrogens is 376 g/mol. The zero-order valence-corrected chi connectivity index (χ0v) is 16.5. The minimum absolute atomic E-state index is 0.804. The smallest absolute Gasteiger partial charge is 0.212 e. The van der Waals surface area contributed by atoms with Gasteiger partial charge in [0, 0.05) is 35.6 Å². The lowest BCUT2D eigenvalue weighted by Gasteiger charge is -2.28. The van der Waals surface area contributed by atoms with Crippen LogP contribution in [0.25, 0.3) is 16.2 Å². The van der Waals surface area contributed by atoms with Crippen LogP contribution in [0.3, 0.4) is 0 Å². The highest BCUT2D eigenvalue weighted by molar-refractivity contribution is 7.16. The first-order chi connectivity index (χ1) is 13.4. The van der Waals surface area contributed by atoms with Crippen LogP contribution in [0.1, 0.15) is 9.88 Å². The molecule has 0 amide bonds. The third kappa shape index (κ3) is 3.50. The summed E-state index contributed by atoms with van der Waals surface area (Å²) in [4.78, 5) is 9.30. The van der Waals surface area contributed by atoms with Crippen molar-refractivity contribution in [1.29, 1.82) is 0 Å². The second kappa shape index (κ2) is 7.42. The van der Waals surface area contributed by atoms with E-state index in [1.807, 2.05) is 10.7 Å². The van der Waals surface area contributed by atoms with Crippen molar-refractivity contribution in [1.82, 2.24) is 14.6 Å². The van der Waals surface area contributed by atoms with Gasteiger partial charge in [0.25, 0.3) is 0 Å². The van der Waals surface area contributed by atoms with Crippen LogP contribution in [0.2, 0.25) is 0 Å². The zero-order chi connectivity index (χ0) is 18.1. The van der Waals surface area contributed by atoms with Gasteiger partial charge in [-0.05, 0) is 30.0 Å². The number of aromatic nitrogens is 3. The number of hydrogen-bond acceptors (Lipinski definition) is 6. The Morgan fingerprint density at radius 3 is 2.67 bits per heavy atom. The minimum Gasteiger partial charge on any atom is -0.378 e. The van der Waals surface area contributed by atoms with E-state index in [0.717, 1.165) is 60.4 Å². The molecule has 1 aliphatic rings. The van der Waals surface area contributed by atoms with Crippen molar-refractivity contribution >= 4 is 33.3 Å². The molecule has 1 fully saturated rings. The molecule has 5 rings (SSSR count). The van der Waals surface area contributed by atoms with Crippen LogP contribution in [0.15, 0.2) is 48.0 Å². The third-order valence-corrected chi connectivity index (χ3v) is 6.75. The van der Waals surface area contributed by atoms with Crippen molar-refractivity contribution in [3.8, 4) is 11.3 Å². The SMILES string of the molecule is c1csc(CCc2nn3c(-c4ccc(N5CCOCC5)cc4)cnc3s2)c1. The first-order valence-electron chi connectivity index (χ1n) is 9.16. The zero-order valence-electron chi connectivity index (χ0n) is 14.9. The standard InChI is InChI=1S/C20H20N4OS2/c1-2-17(26-13-1)7-8-19-22-24-18(14-21-20(24)27-19)15-3-5-16(6-4-15)23-9-11-25-12-10-23/h1-6,13-14H,7-12H2. The Morgan fingerprint density at radius 2 is 1.89 bits per heavy atom. The van der Waals surface area contributed by atoms with E-state index in [0.29, 0.717) is 0 Å². The molecular formula is C20H20N4OS2. The molecule has 1 aromatic carbocycles. The van der Waals surface area contributed by atoms with Crippen LogP contribution in [0, 0.1) is 0 Å². The molecule has 1 saturated heterocycles. The molecule has 1 aliphatic heterocycles. The summed E-state index contributed by atoms with van der Waals surface area (Å²) < 4.78 is 7.42. The van der Waals surface area contributed by atoms with Crippen molar-refractivity contribution in [2.45, 2.75) is 12.8 Å². The monoisotopic (exact) mass is 396 g/mol. The minimum atomic E-state index is 0.804. The van der Waals surface area contributed by atoms with Gasteiger partial charge in [-0.3, -0.25) is 0 Å². The lowest BCUT2D eigenvalue weighted by molar-refractivity contribution is 0.122. The first kappa shape index (κ1) is 16.9. The summed E-state index contributed by atoms with van der Waals surface area (Å²) in [6.45, 7) is 3.52. The fourth-order valence-electron chi connectivity index (χ4n) is 3.38. The van der Waals surface area contributed by atoms with E-state index >= 15 is 0 Å². The summed E-state index contributed by atoms with van der Waals surface area (Å²) in [5.41, 5.74) is 3.45. The highest BCUT2D eigenvalue weighted by atomic mass is 32.1. The molecule has 27 heavy (non-hydrogen) atoms. The van der Waals surface area contributed by atoms with Gasteiger partial charge >= 0.3 is 0 Å². The Balaban J connectivity index is 1.36. The number of hydrogen-bond donors (Lipinski definition) is 0. The maximum Gasteiger partial charge on any atom is 0.212 e. The molecule has 7 heteroatoms. The van der Waals surface area contributed by atoms with E-state index in [4.69, 9.17) is 9.84 Å². The quantitative estimate of drug-likeness (QED) is 0.508. The molecule has 138 valence electrons. The summed E-state index contributed by atoms with van der Waals surface area (Å²) in [6.07, 6.45) is 3.92. The number of thiophene rings is 1. The second-order valence-electron chi connectivity index (χ2n) is 6.56. The largest absolute Gasteiger partial charge is 0.378 e. The molecule has 4 heterocycles. The van der Waals surface area contributed by atoms with Crippen LogP contribution in [0.4, 0.5) is 5.69 Å². The van der Waals surface area contributed by atoms with Crippen LogP contribution < -0.4 is 4.90 Å². The molecule has 0 spiro atoms. The highest BCUT2D eigenvalue weighted by Crippen LogP contribution is 2.27. The van der Waals surface area contributed by atoms with E-state index in [-0.39, 0.29) is 0 Å². The molecule has 0 atom stereocenters. The molecule has 0 unspecified atom stereocenters. The van der Waals surface area contributed by atoms with Gasteiger partial charge in [0.15, 0.2) is 0 Å². The molecule has 5 nitrogen and oxygen atoms in total. The predicted octanol–water partition coefficient (Wildman–Crippen LogP) is 4.14. The second-order valence-corrected chi connectivity index (χ2v) is 8.63. The van der Waals surface area contributed by atoms with Gasteiger partial charge < -0.3 is 9.64 Å². The molecule has 3 aromatic heterocycles. The molecule has 0 aliphatic carbocycles. The molecule has 0 bridgehead atoms. The van der Waals surface area contributed by atoms with Gasteiger partial charge in [-0.25, -0.2) is 9.50 Å². The molecule has 0 N–H and O–H groups in total. The number of imidazole rings is 1. The van der Waals surface area contributed by atoms with Gasteiger partial charge in [0.05, 0.1) is 25.1 Å². The number of fused-ring (bicyclic) bond motifs is 1. The Labute approximate surface area is 165 Å². The Hall–Kier alpha value is -2.22. The predicted molar refractivity (Wildman–Crippen MR) is 111 cm³/mol. The maximum absolute atomic E-state index is 5.44. The third-order valence-electron chi connectivity index (χ3n) is 4.83. The number of ether oxygens (including phenoxy) is 1. The number of morpholine rings is 1. The van der Waals surface area contributed by atoms with Crippen molar-refractivity contribution in [2.24, 2.45) is 0 Å². The Bertz CT molecular complexity index is 1010. The lowest BCUT2D eigenvalue weighted by Crippen LogP contribution is -2.36. The number of rotatable bonds is 5. The van der Waals surface area contributed by atoms with Crippen LogP contribution in [0.5, 0.6) is 0 Å². The Morgan fingerprint density at radius 1 is 1.04 bits per heavy atom. The first-order valence-corrected chi connectivity index (χ1v) is 10.9. The fraction of sp³-hybridized carbons (Fsp3) is 0.300.